The van der Waals surface area contributed by atoms with E-state index in [4.69, 9.17) is 10.1 Å². The van der Waals surface area contributed by atoms with Crippen LogP contribution in [-0.4, -0.2) is 48.8 Å². The Labute approximate surface area is 201 Å². The maximum Gasteiger partial charge on any atom is 0.251 e. The minimum atomic E-state index is -1.22. The molecule has 1 aliphatic heterocycles. The van der Waals surface area contributed by atoms with Gasteiger partial charge in [-0.3, -0.25) is 4.90 Å². The summed E-state index contributed by atoms with van der Waals surface area (Å²) in [6.07, 6.45) is 3.25. The zero-order chi connectivity index (χ0) is 24.7. The number of fused-ring (bicyclic) bond motifs is 1. The molecule has 0 aliphatic carbocycles. The molecule has 8 nitrogen and oxygen atoms in total. The Bertz CT molecular complexity index is 1380. The number of halogens is 2. The molecule has 0 radical (unpaired) electrons. The van der Waals surface area contributed by atoms with E-state index in [1.165, 1.54) is 12.4 Å². The Hall–Kier alpha value is -3.50. The fourth-order valence-corrected chi connectivity index (χ4v) is 4.49. The number of rotatable bonds is 5. The molecule has 0 amide bonds. The zero-order valence-corrected chi connectivity index (χ0v) is 19.8. The standard InChI is InChI=1S/C25H27F2N7O/c1-15-12-22(30-14-29-15)33(17-8-10-28-11-9-17)24-31-23-18(16-4-6-19(26)20(27)13-16)5-7-21(25(2,3)35)34(23)32-24/h4-7,12-14,17,28,35H,8-11H2,1-3H3. The van der Waals surface area contributed by atoms with E-state index in [9.17, 15) is 13.9 Å². The number of aliphatic hydroxyl groups is 1. The monoisotopic (exact) mass is 479 g/mol. The average molecular weight is 480 g/mol. The fraction of sp³-hybridized carbons (Fsp3) is 0.360. The maximum absolute atomic E-state index is 14.1. The topological polar surface area (TPSA) is 91.5 Å². The lowest BCUT2D eigenvalue weighted by Gasteiger charge is -2.33. The van der Waals surface area contributed by atoms with Gasteiger partial charge in [0.15, 0.2) is 17.3 Å². The van der Waals surface area contributed by atoms with Gasteiger partial charge in [0.2, 0.25) is 0 Å². The maximum atomic E-state index is 14.1. The predicted octanol–water partition coefficient (Wildman–Crippen LogP) is 3.89. The van der Waals surface area contributed by atoms with Crippen LogP contribution in [0, 0.1) is 18.6 Å². The van der Waals surface area contributed by atoms with Crippen LogP contribution in [0.5, 0.6) is 0 Å². The first-order chi connectivity index (χ1) is 16.7. The van der Waals surface area contributed by atoms with Crippen LogP contribution >= 0.6 is 0 Å². The van der Waals surface area contributed by atoms with Gasteiger partial charge in [-0.05, 0) is 76.5 Å². The smallest absolute Gasteiger partial charge is 0.251 e. The van der Waals surface area contributed by atoms with E-state index < -0.39 is 17.2 Å². The molecular formula is C25H27F2N7O. The molecule has 4 aromatic rings. The summed E-state index contributed by atoms with van der Waals surface area (Å²) in [6, 6.07) is 9.20. The lowest BCUT2D eigenvalue weighted by atomic mass is 10.0. The summed E-state index contributed by atoms with van der Waals surface area (Å²) in [5.74, 6) is -0.772. The van der Waals surface area contributed by atoms with Gasteiger partial charge in [0, 0.05) is 23.4 Å². The van der Waals surface area contributed by atoms with Gasteiger partial charge in [-0.25, -0.2) is 23.3 Å². The number of aromatic nitrogens is 5. The molecule has 2 N–H and O–H groups in total. The van der Waals surface area contributed by atoms with Crippen molar-refractivity contribution in [2.75, 3.05) is 18.0 Å². The van der Waals surface area contributed by atoms with Gasteiger partial charge in [-0.1, -0.05) is 6.07 Å². The minimum absolute atomic E-state index is 0.0975. The number of nitrogens with zero attached hydrogens (tertiary/aromatic N) is 6. The molecule has 0 atom stereocenters. The summed E-state index contributed by atoms with van der Waals surface area (Å²) < 4.78 is 29.3. The average Bonchev–Trinajstić information content (AvgIpc) is 3.25. The number of pyridine rings is 1. The second kappa shape index (κ2) is 8.94. The molecule has 1 fully saturated rings. The molecule has 4 heterocycles. The zero-order valence-electron chi connectivity index (χ0n) is 19.8. The van der Waals surface area contributed by atoms with Crippen LogP contribution in [-0.2, 0) is 5.60 Å². The Morgan fingerprint density at radius 2 is 1.83 bits per heavy atom. The summed E-state index contributed by atoms with van der Waals surface area (Å²) in [6.45, 7) is 6.94. The van der Waals surface area contributed by atoms with E-state index in [2.05, 4.69) is 15.3 Å². The van der Waals surface area contributed by atoms with Gasteiger partial charge in [0.1, 0.15) is 17.7 Å². The Balaban J connectivity index is 1.74. The van der Waals surface area contributed by atoms with Crippen molar-refractivity contribution < 1.29 is 13.9 Å². The lowest BCUT2D eigenvalue weighted by molar-refractivity contribution is 0.0715. The first-order valence-electron chi connectivity index (χ1n) is 11.6. The van der Waals surface area contributed by atoms with Crippen LogP contribution in [0.3, 0.4) is 0 Å². The lowest BCUT2D eigenvalue weighted by Crippen LogP contribution is -2.41. The molecule has 0 spiro atoms. The first kappa shape index (κ1) is 23.3. The van der Waals surface area contributed by atoms with Crippen LogP contribution in [0.15, 0.2) is 42.7 Å². The molecule has 1 saturated heterocycles. The van der Waals surface area contributed by atoms with Crippen molar-refractivity contribution in [1.29, 1.82) is 0 Å². The quantitative estimate of drug-likeness (QED) is 0.449. The Morgan fingerprint density at radius 3 is 2.51 bits per heavy atom. The number of aryl methyl sites for hydroxylation is 1. The van der Waals surface area contributed by atoms with Crippen LogP contribution in [0.1, 0.15) is 38.1 Å². The largest absolute Gasteiger partial charge is 0.384 e. The van der Waals surface area contributed by atoms with Gasteiger partial charge in [0.25, 0.3) is 5.95 Å². The number of benzene rings is 1. The second-order valence-electron chi connectivity index (χ2n) is 9.34. The summed E-state index contributed by atoms with van der Waals surface area (Å²) >= 11 is 0. The van der Waals surface area contributed by atoms with E-state index in [0.29, 0.717) is 34.2 Å². The Kier molecular flexibility index (Phi) is 5.94. The molecule has 0 bridgehead atoms. The van der Waals surface area contributed by atoms with Crippen LogP contribution in [0.25, 0.3) is 16.8 Å². The van der Waals surface area contributed by atoms with Gasteiger partial charge < -0.3 is 10.4 Å². The molecule has 0 unspecified atom stereocenters. The third kappa shape index (κ3) is 4.46. The summed E-state index contributed by atoms with van der Waals surface area (Å²) in [4.78, 5) is 15.6. The molecule has 182 valence electrons. The van der Waals surface area contributed by atoms with Crippen molar-refractivity contribution in [3.63, 3.8) is 0 Å². The highest BCUT2D eigenvalue weighted by Gasteiger charge is 2.30. The third-order valence-corrected chi connectivity index (χ3v) is 6.26. The highest BCUT2D eigenvalue weighted by Crippen LogP contribution is 2.33. The SMILES string of the molecule is Cc1cc(N(c2nc3c(-c4ccc(F)c(F)c4)ccc(C(C)(C)O)n3n2)C2CCNCC2)ncn1. The third-order valence-electron chi connectivity index (χ3n) is 6.26. The number of anilines is 2. The van der Waals surface area contributed by atoms with Gasteiger partial charge in [0.05, 0.1) is 5.69 Å². The highest BCUT2D eigenvalue weighted by atomic mass is 19.2. The van der Waals surface area contributed by atoms with Gasteiger partial charge in [-0.15, -0.1) is 5.10 Å². The van der Waals surface area contributed by atoms with Crippen LogP contribution in [0.2, 0.25) is 0 Å². The summed E-state index contributed by atoms with van der Waals surface area (Å²) in [5.41, 5.74) is 1.57. The van der Waals surface area contributed by atoms with Crippen molar-refractivity contribution in [2.45, 2.75) is 45.3 Å². The van der Waals surface area contributed by atoms with E-state index in [0.717, 1.165) is 43.8 Å². The second-order valence-corrected chi connectivity index (χ2v) is 9.34. The predicted molar refractivity (Wildman–Crippen MR) is 128 cm³/mol. The summed E-state index contributed by atoms with van der Waals surface area (Å²) in [5, 5.41) is 19.0. The molecule has 3 aromatic heterocycles. The van der Waals surface area contributed by atoms with Gasteiger partial charge in [-0.2, -0.15) is 4.98 Å². The normalized spacial score (nSPS) is 15.0. The van der Waals surface area contributed by atoms with E-state index in [1.807, 2.05) is 17.9 Å². The van der Waals surface area contributed by atoms with Crippen LogP contribution in [0.4, 0.5) is 20.5 Å². The van der Waals surface area contributed by atoms with E-state index >= 15 is 0 Å². The van der Waals surface area contributed by atoms with E-state index in [-0.39, 0.29) is 6.04 Å². The number of hydrogen-bond donors (Lipinski definition) is 2. The first-order valence-corrected chi connectivity index (χ1v) is 11.6. The molecule has 5 rings (SSSR count). The molecular weight excluding hydrogens is 452 g/mol. The molecule has 0 saturated carbocycles. The highest BCUT2D eigenvalue weighted by molar-refractivity contribution is 5.79. The number of hydrogen-bond acceptors (Lipinski definition) is 7. The molecule has 1 aromatic carbocycles. The van der Waals surface area contributed by atoms with Crippen molar-refractivity contribution >= 4 is 17.4 Å². The molecule has 35 heavy (non-hydrogen) atoms. The Morgan fingerprint density at radius 1 is 1.06 bits per heavy atom. The molecule has 10 heteroatoms. The van der Waals surface area contributed by atoms with Crippen molar-refractivity contribution in [1.82, 2.24) is 29.9 Å². The molecule has 1 aliphatic rings. The van der Waals surface area contributed by atoms with Gasteiger partial charge >= 0.3 is 0 Å². The number of piperidine rings is 1. The van der Waals surface area contributed by atoms with Crippen molar-refractivity contribution in [3.8, 4) is 11.1 Å². The van der Waals surface area contributed by atoms with E-state index in [1.54, 1.807) is 30.5 Å². The van der Waals surface area contributed by atoms with Crippen molar-refractivity contribution in [2.24, 2.45) is 0 Å². The fourth-order valence-electron chi connectivity index (χ4n) is 4.49. The van der Waals surface area contributed by atoms with Crippen molar-refractivity contribution in [3.05, 3.63) is 65.7 Å². The summed E-state index contributed by atoms with van der Waals surface area (Å²) in [7, 11) is 0. The number of nitrogens with one attached hydrogen (secondary N) is 1. The van der Waals surface area contributed by atoms with Crippen LogP contribution < -0.4 is 10.2 Å². The minimum Gasteiger partial charge on any atom is -0.384 e.